The normalized spacial score (nSPS) is 14.8. The molecule has 1 saturated heterocycles. The van der Waals surface area contributed by atoms with Crippen molar-refractivity contribution in [2.75, 3.05) is 37.9 Å². The third-order valence-corrected chi connectivity index (χ3v) is 10.1. The highest BCUT2D eigenvalue weighted by Crippen LogP contribution is 2.48. The Hall–Kier alpha value is -5.20. The van der Waals surface area contributed by atoms with Gasteiger partial charge in [-0.25, -0.2) is 17.8 Å². The Morgan fingerprint density at radius 1 is 1.04 bits per heavy atom. The molecule has 0 aliphatic carbocycles. The number of halogens is 1. The van der Waals surface area contributed by atoms with E-state index in [2.05, 4.69) is 5.32 Å². The maximum absolute atomic E-state index is 15.0. The van der Waals surface area contributed by atoms with Gasteiger partial charge in [0, 0.05) is 42.1 Å². The van der Waals surface area contributed by atoms with Crippen LogP contribution in [0.25, 0.3) is 55.8 Å². The molecule has 238 valence electrons. The summed E-state index contributed by atoms with van der Waals surface area (Å²) in [5.41, 5.74) is 4.46. The van der Waals surface area contributed by atoms with Crippen LogP contribution in [0.2, 0.25) is 0 Å². The van der Waals surface area contributed by atoms with Crippen molar-refractivity contribution >= 4 is 43.5 Å². The predicted octanol–water partition coefficient (Wildman–Crippen LogP) is 6.06. The first kappa shape index (κ1) is 29.2. The minimum absolute atomic E-state index is 0.285. The first-order valence-electron chi connectivity index (χ1n) is 14.9. The molecule has 2 aliphatic heterocycles. The Morgan fingerprint density at radius 2 is 1.81 bits per heavy atom. The molecule has 0 unspecified atom stereocenters. The molecule has 3 aromatic heterocycles. The number of sulfonamides is 1. The summed E-state index contributed by atoms with van der Waals surface area (Å²) < 4.78 is 62.3. The molecule has 0 atom stereocenters. The zero-order chi connectivity index (χ0) is 32.8. The summed E-state index contributed by atoms with van der Waals surface area (Å²) in [7, 11) is -0.744. The summed E-state index contributed by atoms with van der Waals surface area (Å²) in [5.74, 6) is 0.116. The van der Waals surface area contributed by atoms with Gasteiger partial charge in [0.15, 0.2) is 5.75 Å². The van der Waals surface area contributed by atoms with E-state index in [0.717, 1.165) is 16.1 Å². The molecule has 8 rings (SSSR count). The van der Waals surface area contributed by atoms with E-state index >= 15 is 4.39 Å². The number of anilines is 1. The van der Waals surface area contributed by atoms with Crippen molar-refractivity contribution in [1.29, 1.82) is 0 Å². The molecule has 0 saturated carbocycles. The lowest BCUT2D eigenvalue weighted by Gasteiger charge is -2.46. The van der Waals surface area contributed by atoms with Crippen LogP contribution in [0.15, 0.2) is 77.2 Å². The number of nitrogens with zero attached hydrogens (tertiary/aromatic N) is 3. The second-order valence-electron chi connectivity index (χ2n) is 12.0. The third-order valence-electron chi connectivity index (χ3n) is 8.94. The Labute approximate surface area is 269 Å². The number of benzene rings is 3. The maximum atomic E-state index is 15.0. The summed E-state index contributed by atoms with van der Waals surface area (Å²) in [6.45, 7) is 2.54. The number of furan rings is 1. The van der Waals surface area contributed by atoms with E-state index in [0.29, 0.717) is 72.8 Å². The number of amides is 1. The van der Waals surface area contributed by atoms with Gasteiger partial charge < -0.3 is 19.2 Å². The van der Waals surface area contributed by atoms with Gasteiger partial charge in [0.1, 0.15) is 36.1 Å². The molecular formula is C35H29FN4O6S. The number of hydrogen-bond acceptors (Lipinski definition) is 7. The molecule has 0 radical (unpaired) electrons. The molecule has 12 heteroatoms. The van der Waals surface area contributed by atoms with Crippen LogP contribution in [-0.2, 0) is 20.5 Å². The molecule has 47 heavy (non-hydrogen) atoms. The average molecular weight is 653 g/mol. The summed E-state index contributed by atoms with van der Waals surface area (Å²) in [4.78, 5) is 18.4. The fourth-order valence-electron chi connectivity index (χ4n) is 6.42. The minimum atomic E-state index is -3.74. The fourth-order valence-corrected chi connectivity index (χ4v) is 6.93. The van der Waals surface area contributed by atoms with E-state index in [9.17, 15) is 13.2 Å². The number of nitrogens with one attached hydrogen (secondary N) is 1. The van der Waals surface area contributed by atoms with Gasteiger partial charge in [-0.1, -0.05) is 35.9 Å². The number of hydrogen-bond donors (Lipinski definition) is 1. The van der Waals surface area contributed by atoms with Crippen LogP contribution in [0, 0.1) is 12.7 Å². The van der Waals surface area contributed by atoms with Crippen LogP contribution in [0.1, 0.15) is 15.9 Å². The van der Waals surface area contributed by atoms with Gasteiger partial charge in [-0.15, -0.1) is 0 Å². The SMILES string of the molecule is CNC(=O)c1c(-c2ccc(C)cc2)oc2cc(N(C)S(C)(=O)=O)c(-c3ccc4c(n3)-c3cc5c(F)cccc5n3C3(COC3)O4)cc12. The molecule has 6 aromatic rings. The van der Waals surface area contributed by atoms with Gasteiger partial charge in [-0.3, -0.25) is 13.7 Å². The zero-order valence-corrected chi connectivity index (χ0v) is 26.7. The van der Waals surface area contributed by atoms with Crippen molar-refractivity contribution in [1.82, 2.24) is 14.9 Å². The van der Waals surface area contributed by atoms with Gasteiger partial charge in [0.05, 0.1) is 34.4 Å². The van der Waals surface area contributed by atoms with Crippen molar-refractivity contribution in [2.24, 2.45) is 0 Å². The minimum Gasteiger partial charge on any atom is -0.460 e. The highest BCUT2D eigenvalue weighted by Gasteiger charge is 2.49. The van der Waals surface area contributed by atoms with Crippen molar-refractivity contribution in [3.05, 3.63) is 89.7 Å². The molecule has 1 N–H and O–H groups in total. The summed E-state index contributed by atoms with van der Waals surface area (Å²) in [6.07, 6.45) is 1.11. The van der Waals surface area contributed by atoms with Crippen molar-refractivity contribution in [3.63, 3.8) is 0 Å². The molecule has 1 fully saturated rings. The van der Waals surface area contributed by atoms with Crippen LogP contribution >= 0.6 is 0 Å². The van der Waals surface area contributed by atoms with Crippen molar-refractivity contribution in [3.8, 4) is 39.7 Å². The van der Waals surface area contributed by atoms with Gasteiger partial charge in [-0.2, -0.15) is 0 Å². The van der Waals surface area contributed by atoms with Gasteiger partial charge >= 0.3 is 0 Å². The maximum Gasteiger partial charge on any atom is 0.255 e. The number of fused-ring (bicyclic) bond motifs is 7. The lowest BCUT2D eigenvalue weighted by Crippen LogP contribution is -2.57. The van der Waals surface area contributed by atoms with E-state index in [-0.39, 0.29) is 24.9 Å². The largest absolute Gasteiger partial charge is 0.460 e. The van der Waals surface area contributed by atoms with Crippen LogP contribution in [0.4, 0.5) is 10.1 Å². The summed E-state index contributed by atoms with van der Waals surface area (Å²) in [5, 5.41) is 3.62. The molecule has 0 bridgehead atoms. The van der Waals surface area contributed by atoms with Crippen molar-refractivity contribution in [2.45, 2.75) is 12.6 Å². The van der Waals surface area contributed by atoms with Crippen LogP contribution in [0.3, 0.4) is 0 Å². The summed E-state index contributed by atoms with van der Waals surface area (Å²) in [6, 6.07) is 21.1. The van der Waals surface area contributed by atoms with Crippen LogP contribution < -0.4 is 14.4 Å². The Bertz CT molecular complexity index is 2390. The number of carbonyl (C=O) groups excluding carboxylic acids is 1. The van der Waals surface area contributed by atoms with Crippen molar-refractivity contribution < 1.29 is 31.5 Å². The number of ether oxygens (including phenoxy) is 2. The van der Waals surface area contributed by atoms with E-state index in [1.807, 2.05) is 41.8 Å². The second kappa shape index (κ2) is 10.1. The highest BCUT2D eigenvalue weighted by atomic mass is 32.2. The molecule has 5 heterocycles. The van der Waals surface area contributed by atoms with E-state index in [1.165, 1.54) is 13.1 Å². The van der Waals surface area contributed by atoms with Crippen LogP contribution in [-0.4, -0.2) is 57.4 Å². The highest BCUT2D eigenvalue weighted by molar-refractivity contribution is 7.92. The van der Waals surface area contributed by atoms with Gasteiger partial charge in [0.2, 0.25) is 15.7 Å². The fraction of sp³-hybridized carbons (Fsp3) is 0.200. The van der Waals surface area contributed by atoms with Gasteiger partial charge in [-0.05, 0) is 43.3 Å². The van der Waals surface area contributed by atoms with E-state index in [4.69, 9.17) is 18.9 Å². The smallest absolute Gasteiger partial charge is 0.255 e. The molecule has 1 spiro atoms. The second-order valence-corrected chi connectivity index (χ2v) is 14.0. The number of pyridine rings is 1. The lowest BCUT2D eigenvalue weighted by atomic mass is 10.00. The monoisotopic (exact) mass is 652 g/mol. The standard InChI is InChI=1S/C35H29FN4O6S/c1-19-8-10-20(11-9-19)33-31(34(41)37-2)23-14-22(27(16-30(23)45-33)39(3)47(4,42)43)25-12-13-29-32(38-25)28-15-21-24(36)6-5-7-26(21)40(28)35(46-29)17-44-18-35/h5-16H,17-18H2,1-4H3,(H,37,41). The Morgan fingerprint density at radius 3 is 2.49 bits per heavy atom. The Kier molecular flexibility index (Phi) is 6.31. The zero-order valence-electron chi connectivity index (χ0n) is 25.9. The molecular weight excluding hydrogens is 623 g/mol. The van der Waals surface area contributed by atoms with E-state index in [1.54, 1.807) is 43.4 Å². The predicted molar refractivity (Wildman–Crippen MR) is 177 cm³/mol. The Balaban J connectivity index is 1.39. The topological polar surface area (TPSA) is 116 Å². The number of aromatic nitrogens is 2. The molecule has 2 aliphatic rings. The molecule has 10 nitrogen and oxygen atoms in total. The summed E-state index contributed by atoms with van der Waals surface area (Å²) >= 11 is 0. The first-order valence-corrected chi connectivity index (χ1v) is 16.8. The van der Waals surface area contributed by atoms with Gasteiger partial charge in [0.25, 0.3) is 5.91 Å². The number of carbonyl (C=O) groups is 1. The third kappa shape index (κ3) is 4.35. The first-order chi connectivity index (χ1) is 22.5. The number of rotatable bonds is 5. The average Bonchev–Trinajstić information content (AvgIpc) is 3.62. The van der Waals surface area contributed by atoms with Crippen LogP contribution in [0.5, 0.6) is 5.75 Å². The quantitative estimate of drug-likeness (QED) is 0.241. The molecule has 1 amide bonds. The van der Waals surface area contributed by atoms with E-state index < -0.39 is 15.7 Å². The lowest BCUT2D eigenvalue weighted by molar-refractivity contribution is -0.211. The number of aryl methyl sites for hydroxylation is 1. The molecule has 3 aromatic carbocycles.